The summed E-state index contributed by atoms with van der Waals surface area (Å²) in [6, 6.07) is 0.429. The maximum absolute atomic E-state index is 11.4. The van der Waals surface area contributed by atoms with Crippen molar-refractivity contribution in [1.29, 1.82) is 0 Å². The Balaban J connectivity index is 2.69. The molecule has 1 rings (SSSR count). The number of carboxylic acids is 1. The molecule has 17 heavy (non-hydrogen) atoms. The van der Waals surface area contributed by atoms with Crippen LogP contribution >= 0.6 is 11.3 Å². The number of carboxylic acid groups (broad SMARTS) is 1. The lowest BCUT2D eigenvalue weighted by Gasteiger charge is -2.23. The van der Waals surface area contributed by atoms with Crippen LogP contribution in [0.5, 0.6) is 0 Å². The van der Waals surface area contributed by atoms with E-state index < -0.39 is 23.7 Å². The lowest BCUT2D eigenvalue weighted by molar-refractivity contribution is -0.308. The van der Waals surface area contributed by atoms with Crippen LogP contribution in [-0.4, -0.2) is 17.7 Å². The number of ether oxygens (including phenoxy) is 1. The van der Waals surface area contributed by atoms with Crippen molar-refractivity contribution in [3.8, 4) is 0 Å². The first-order valence-corrected chi connectivity index (χ1v) is 5.96. The molecular formula is C11H14NO4S-. The van der Waals surface area contributed by atoms with Gasteiger partial charge in [0.25, 0.3) is 0 Å². The number of hydrogen-bond donors (Lipinski definition) is 1. The van der Waals surface area contributed by atoms with Crippen LogP contribution in [0.3, 0.4) is 0 Å². The van der Waals surface area contributed by atoms with Gasteiger partial charge in [0.15, 0.2) is 0 Å². The van der Waals surface area contributed by atoms with Crippen molar-refractivity contribution in [3.05, 3.63) is 22.4 Å². The largest absolute Gasteiger partial charge is 0.548 e. The summed E-state index contributed by atoms with van der Waals surface area (Å²) in [6.07, 6.45) is -0.780. The Morgan fingerprint density at radius 3 is 2.53 bits per heavy atom. The van der Waals surface area contributed by atoms with Gasteiger partial charge in [0.05, 0.1) is 12.0 Å². The van der Waals surface area contributed by atoms with Gasteiger partial charge in [0.2, 0.25) is 0 Å². The first-order valence-electron chi connectivity index (χ1n) is 5.02. The molecule has 94 valence electrons. The molecule has 0 radical (unpaired) electrons. The molecule has 6 heteroatoms. The van der Waals surface area contributed by atoms with Crippen LogP contribution in [0.4, 0.5) is 4.79 Å². The van der Waals surface area contributed by atoms with Crippen molar-refractivity contribution < 1.29 is 19.4 Å². The second kappa shape index (κ2) is 5.18. The minimum atomic E-state index is -1.37. The number of carbonyl (C=O) groups excluding carboxylic acids is 2. The minimum absolute atomic E-state index is 0.473. The van der Waals surface area contributed by atoms with Crippen LogP contribution in [0.25, 0.3) is 0 Å². The number of alkyl carbamates (subject to hydrolysis) is 1. The van der Waals surface area contributed by atoms with E-state index in [0.717, 1.165) is 0 Å². The maximum Gasteiger partial charge on any atom is 0.408 e. The Morgan fingerprint density at radius 1 is 1.47 bits per heavy atom. The van der Waals surface area contributed by atoms with Crippen LogP contribution in [-0.2, 0) is 9.53 Å². The van der Waals surface area contributed by atoms with E-state index in [1.54, 1.807) is 37.6 Å². The van der Waals surface area contributed by atoms with Gasteiger partial charge in [-0.1, -0.05) is 0 Å². The van der Waals surface area contributed by atoms with Gasteiger partial charge in [-0.15, -0.1) is 0 Å². The monoisotopic (exact) mass is 256 g/mol. The van der Waals surface area contributed by atoms with Gasteiger partial charge in [-0.3, -0.25) is 0 Å². The lowest BCUT2D eigenvalue weighted by atomic mass is 10.1. The topological polar surface area (TPSA) is 78.5 Å². The number of rotatable bonds is 3. The van der Waals surface area contributed by atoms with Gasteiger partial charge in [-0.25, -0.2) is 4.79 Å². The summed E-state index contributed by atoms with van der Waals surface area (Å²) in [5.41, 5.74) is -0.198. The molecule has 1 aromatic rings. The molecule has 0 unspecified atom stereocenters. The molecular weight excluding hydrogens is 242 g/mol. The summed E-state index contributed by atoms with van der Waals surface area (Å²) in [5, 5.41) is 16.5. The zero-order valence-electron chi connectivity index (χ0n) is 9.85. The summed E-state index contributed by atoms with van der Waals surface area (Å²) >= 11 is 1.34. The van der Waals surface area contributed by atoms with Crippen molar-refractivity contribution in [2.75, 3.05) is 0 Å². The molecule has 1 atom stereocenters. The molecule has 1 heterocycles. The van der Waals surface area contributed by atoms with Gasteiger partial charge in [0.1, 0.15) is 5.60 Å². The summed E-state index contributed by atoms with van der Waals surface area (Å²) < 4.78 is 4.98. The highest BCUT2D eigenvalue weighted by atomic mass is 32.1. The van der Waals surface area contributed by atoms with E-state index in [1.165, 1.54) is 11.3 Å². The Kier molecular flexibility index (Phi) is 4.11. The Hall–Kier alpha value is -1.56. The number of thiophene rings is 1. The van der Waals surface area contributed by atoms with Crippen molar-refractivity contribution >= 4 is 23.4 Å². The molecule has 0 aliphatic carbocycles. The van der Waals surface area contributed by atoms with E-state index in [9.17, 15) is 14.7 Å². The number of aliphatic carboxylic acids is 1. The standard InChI is InChI=1S/C11H15NO4S/c1-11(2,3)16-10(15)12-8(9(13)14)7-4-5-17-6-7/h4-6,8H,1-3H3,(H,12,15)(H,13,14)/p-1/t8-/m1/s1. The molecule has 1 N–H and O–H groups in total. The van der Waals surface area contributed by atoms with Gasteiger partial charge in [0, 0.05) is 0 Å². The van der Waals surface area contributed by atoms with Crippen molar-refractivity contribution in [2.45, 2.75) is 32.4 Å². The molecule has 0 aliphatic heterocycles. The fourth-order valence-corrected chi connectivity index (χ4v) is 1.83. The van der Waals surface area contributed by atoms with E-state index >= 15 is 0 Å². The van der Waals surface area contributed by atoms with Crippen LogP contribution in [0, 0.1) is 0 Å². The second-order valence-corrected chi connectivity index (χ2v) is 5.23. The molecule has 0 saturated heterocycles. The van der Waals surface area contributed by atoms with Gasteiger partial charge in [-0.2, -0.15) is 11.3 Å². The van der Waals surface area contributed by atoms with E-state index in [1.807, 2.05) is 0 Å². The average Bonchev–Trinajstić information content (AvgIpc) is 2.63. The zero-order valence-corrected chi connectivity index (χ0v) is 10.7. The normalized spacial score (nSPS) is 12.9. The van der Waals surface area contributed by atoms with Crippen molar-refractivity contribution in [1.82, 2.24) is 5.32 Å². The number of carbonyl (C=O) groups is 2. The molecule has 0 fully saturated rings. The summed E-state index contributed by atoms with van der Waals surface area (Å²) in [6.45, 7) is 5.10. The molecule has 0 saturated carbocycles. The first kappa shape index (κ1) is 13.5. The molecule has 0 aromatic carbocycles. The van der Waals surface area contributed by atoms with Crippen LogP contribution < -0.4 is 10.4 Å². The lowest BCUT2D eigenvalue weighted by Crippen LogP contribution is -2.43. The highest BCUT2D eigenvalue weighted by Gasteiger charge is 2.21. The van der Waals surface area contributed by atoms with Gasteiger partial charge < -0.3 is 20.0 Å². The number of amides is 1. The van der Waals surface area contributed by atoms with E-state index in [4.69, 9.17) is 4.74 Å². The fourth-order valence-electron chi connectivity index (χ4n) is 1.14. The van der Waals surface area contributed by atoms with Crippen LogP contribution in [0.2, 0.25) is 0 Å². The third-order valence-electron chi connectivity index (χ3n) is 1.77. The number of hydrogen-bond acceptors (Lipinski definition) is 5. The molecule has 0 spiro atoms. The summed E-state index contributed by atoms with van der Waals surface area (Å²) in [7, 11) is 0. The Labute approximate surface area is 103 Å². The van der Waals surface area contributed by atoms with E-state index in [2.05, 4.69) is 5.32 Å². The van der Waals surface area contributed by atoms with E-state index in [-0.39, 0.29) is 0 Å². The maximum atomic E-state index is 11.4. The molecule has 0 aliphatic rings. The summed E-state index contributed by atoms with van der Waals surface area (Å²) in [5.74, 6) is -1.37. The van der Waals surface area contributed by atoms with Crippen LogP contribution in [0.1, 0.15) is 32.4 Å². The quantitative estimate of drug-likeness (QED) is 0.877. The third-order valence-corrected chi connectivity index (χ3v) is 2.47. The molecule has 5 nitrogen and oxygen atoms in total. The Bertz CT molecular complexity index is 394. The number of nitrogens with one attached hydrogen (secondary N) is 1. The molecule has 0 bridgehead atoms. The van der Waals surface area contributed by atoms with Crippen molar-refractivity contribution in [3.63, 3.8) is 0 Å². The Morgan fingerprint density at radius 2 is 2.12 bits per heavy atom. The van der Waals surface area contributed by atoms with Gasteiger partial charge >= 0.3 is 6.09 Å². The minimum Gasteiger partial charge on any atom is -0.548 e. The predicted molar refractivity (Wildman–Crippen MR) is 61.4 cm³/mol. The van der Waals surface area contributed by atoms with Crippen LogP contribution in [0.15, 0.2) is 16.8 Å². The van der Waals surface area contributed by atoms with Gasteiger partial charge in [-0.05, 0) is 43.2 Å². The predicted octanol–water partition coefficient (Wildman–Crippen LogP) is 1.06. The smallest absolute Gasteiger partial charge is 0.408 e. The third kappa shape index (κ3) is 4.44. The zero-order chi connectivity index (χ0) is 13.1. The summed E-state index contributed by atoms with van der Waals surface area (Å²) in [4.78, 5) is 22.4. The second-order valence-electron chi connectivity index (χ2n) is 4.45. The highest BCUT2D eigenvalue weighted by Crippen LogP contribution is 2.17. The SMILES string of the molecule is CC(C)(C)OC(=O)N[C@@H](C(=O)[O-])c1ccsc1. The first-order chi connectivity index (χ1) is 7.79. The van der Waals surface area contributed by atoms with Crippen molar-refractivity contribution in [2.24, 2.45) is 0 Å². The fraction of sp³-hybridized carbons (Fsp3) is 0.455. The molecule has 1 amide bonds. The van der Waals surface area contributed by atoms with E-state index in [0.29, 0.717) is 5.56 Å². The average molecular weight is 256 g/mol. The molecule has 1 aromatic heterocycles. The highest BCUT2D eigenvalue weighted by molar-refractivity contribution is 7.08.